The molecule has 0 unspecified atom stereocenters. The molecule has 0 N–H and O–H groups in total. The molecular formula is C11H8BrN3S2. The molecule has 3 nitrogen and oxygen atoms in total. The van der Waals surface area contributed by atoms with Crippen molar-refractivity contribution in [1.29, 1.82) is 0 Å². The molecule has 0 aliphatic rings. The van der Waals surface area contributed by atoms with Gasteiger partial charge in [0.2, 0.25) is 0 Å². The Balaban J connectivity index is 1.81. The molecule has 0 aliphatic carbocycles. The summed E-state index contributed by atoms with van der Waals surface area (Å²) in [5, 5.41) is 11.3. The number of halogens is 1. The topological polar surface area (TPSA) is 30.2 Å². The van der Waals surface area contributed by atoms with Gasteiger partial charge in [-0.05, 0) is 34.1 Å². The summed E-state index contributed by atoms with van der Waals surface area (Å²) < 4.78 is 3.15. The second-order valence-corrected chi connectivity index (χ2v) is 6.29. The second kappa shape index (κ2) is 4.80. The summed E-state index contributed by atoms with van der Waals surface area (Å²) in [6.07, 6.45) is 1.99. The lowest BCUT2D eigenvalue weighted by atomic mass is 10.5. The van der Waals surface area contributed by atoms with Crippen LogP contribution in [-0.4, -0.2) is 14.6 Å². The molecular weight excluding hydrogens is 318 g/mol. The molecule has 0 aliphatic heterocycles. The van der Waals surface area contributed by atoms with Crippen molar-refractivity contribution in [2.75, 3.05) is 0 Å². The first-order chi connectivity index (χ1) is 8.33. The lowest BCUT2D eigenvalue weighted by molar-refractivity contribution is 0.921. The highest BCUT2D eigenvalue weighted by Crippen LogP contribution is 2.27. The lowest BCUT2D eigenvalue weighted by Gasteiger charge is -1.97. The van der Waals surface area contributed by atoms with Gasteiger partial charge in [-0.15, -0.1) is 21.5 Å². The maximum absolute atomic E-state index is 4.19. The summed E-state index contributed by atoms with van der Waals surface area (Å²) in [5.74, 6) is 0.923. The Morgan fingerprint density at radius 2 is 2.29 bits per heavy atom. The van der Waals surface area contributed by atoms with Crippen molar-refractivity contribution in [2.45, 2.75) is 10.9 Å². The van der Waals surface area contributed by atoms with Gasteiger partial charge in [-0.2, -0.15) is 0 Å². The van der Waals surface area contributed by atoms with Gasteiger partial charge in [0.05, 0.1) is 0 Å². The molecule has 0 bridgehead atoms. The van der Waals surface area contributed by atoms with Crippen LogP contribution in [0.4, 0.5) is 0 Å². The van der Waals surface area contributed by atoms with E-state index < -0.39 is 0 Å². The SMILES string of the molecule is Brc1csc(CSc2nnc3ccccn23)c1. The van der Waals surface area contributed by atoms with Gasteiger partial charge in [-0.25, -0.2) is 0 Å². The quantitative estimate of drug-likeness (QED) is 0.685. The third-order valence-electron chi connectivity index (χ3n) is 2.25. The summed E-state index contributed by atoms with van der Waals surface area (Å²) in [4.78, 5) is 1.33. The van der Waals surface area contributed by atoms with E-state index in [1.54, 1.807) is 23.1 Å². The van der Waals surface area contributed by atoms with Crippen LogP contribution in [0, 0.1) is 0 Å². The number of aromatic nitrogens is 3. The van der Waals surface area contributed by atoms with Gasteiger partial charge in [0.15, 0.2) is 10.8 Å². The van der Waals surface area contributed by atoms with E-state index in [0.717, 1.165) is 21.0 Å². The smallest absolute Gasteiger partial charge is 0.195 e. The van der Waals surface area contributed by atoms with Crippen molar-refractivity contribution < 1.29 is 0 Å². The average molecular weight is 326 g/mol. The van der Waals surface area contributed by atoms with Crippen LogP contribution in [-0.2, 0) is 5.75 Å². The highest BCUT2D eigenvalue weighted by Gasteiger charge is 2.06. The Morgan fingerprint density at radius 3 is 3.12 bits per heavy atom. The maximum atomic E-state index is 4.19. The molecule has 0 radical (unpaired) electrons. The van der Waals surface area contributed by atoms with Gasteiger partial charge in [-0.3, -0.25) is 4.40 Å². The zero-order valence-corrected chi connectivity index (χ0v) is 11.9. The number of nitrogens with zero attached hydrogens (tertiary/aromatic N) is 3. The van der Waals surface area contributed by atoms with Crippen LogP contribution in [0.15, 0.2) is 45.5 Å². The predicted molar refractivity (Wildman–Crippen MR) is 74.6 cm³/mol. The van der Waals surface area contributed by atoms with E-state index in [9.17, 15) is 0 Å². The Hall–Kier alpha value is -0.850. The third-order valence-corrected chi connectivity index (χ3v) is 5.12. The van der Waals surface area contributed by atoms with Gasteiger partial charge >= 0.3 is 0 Å². The van der Waals surface area contributed by atoms with Crippen molar-refractivity contribution in [3.8, 4) is 0 Å². The maximum Gasteiger partial charge on any atom is 0.195 e. The van der Waals surface area contributed by atoms with Crippen molar-refractivity contribution in [1.82, 2.24) is 14.6 Å². The van der Waals surface area contributed by atoms with Crippen LogP contribution < -0.4 is 0 Å². The van der Waals surface area contributed by atoms with Gasteiger partial charge in [0.25, 0.3) is 0 Å². The number of hydrogen-bond donors (Lipinski definition) is 0. The van der Waals surface area contributed by atoms with Gasteiger partial charge in [0.1, 0.15) is 0 Å². The van der Waals surface area contributed by atoms with Crippen LogP contribution in [0.5, 0.6) is 0 Å². The minimum Gasteiger partial charge on any atom is -0.277 e. The lowest BCUT2D eigenvalue weighted by Crippen LogP contribution is -1.86. The van der Waals surface area contributed by atoms with Crippen molar-refractivity contribution in [3.05, 3.63) is 45.2 Å². The number of fused-ring (bicyclic) bond motifs is 1. The number of thioether (sulfide) groups is 1. The molecule has 3 heterocycles. The van der Waals surface area contributed by atoms with E-state index in [-0.39, 0.29) is 0 Å². The standard InChI is InChI=1S/C11H8BrN3S2/c12-8-5-9(16-6-8)7-17-11-14-13-10-3-1-2-4-15(10)11/h1-6H,7H2. The molecule has 6 heteroatoms. The fourth-order valence-electron chi connectivity index (χ4n) is 1.48. The molecule has 0 atom stereocenters. The highest BCUT2D eigenvalue weighted by atomic mass is 79.9. The Labute approximate surface area is 115 Å². The minimum atomic E-state index is 0.891. The first-order valence-electron chi connectivity index (χ1n) is 4.98. The Kier molecular flexibility index (Phi) is 3.17. The monoisotopic (exact) mass is 325 g/mol. The van der Waals surface area contributed by atoms with Gasteiger partial charge in [0, 0.05) is 26.7 Å². The van der Waals surface area contributed by atoms with Crippen molar-refractivity contribution in [2.24, 2.45) is 0 Å². The van der Waals surface area contributed by atoms with Gasteiger partial charge in [-0.1, -0.05) is 17.8 Å². The minimum absolute atomic E-state index is 0.891. The van der Waals surface area contributed by atoms with Gasteiger partial charge < -0.3 is 0 Å². The summed E-state index contributed by atoms with van der Waals surface area (Å²) in [7, 11) is 0. The molecule has 17 heavy (non-hydrogen) atoms. The summed E-state index contributed by atoms with van der Waals surface area (Å²) >= 11 is 6.91. The fraction of sp³-hybridized carbons (Fsp3) is 0.0909. The summed E-state index contributed by atoms with van der Waals surface area (Å²) in [6, 6.07) is 8.05. The number of hydrogen-bond acceptors (Lipinski definition) is 4. The zero-order valence-electron chi connectivity index (χ0n) is 8.71. The van der Waals surface area contributed by atoms with E-state index in [2.05, 4.69) is 37.6 Å². The fourth-order valence-corrected chi connectivity index (χ4v) is 3.91. The summed E-state index contributed by atoms with van der Waals surface area (Å²) in [6.45, 7) is 0. The van der Waals surface area contributed by atoms with Crippen LogP contribution >= 0.6 is 39.0 Å². The predicted octanol–water partition coefficient (Wildman–Crippen LogP) is 3.85. The van der Waals surface area contributed by atoms with E-state index >= 15 is 0 Å². The van der Waals surface area contributed by atoms with Crippen LogP contribution in [0.3, 0.4) is 0 Å². The van der Waals surface area contributed by atoms with Crippen LogP contribution in [0.1, 0.15) is 4.88 Å². The highest BCUT2D eigenvalue weighted by molar-refractivity contribution is 9.10. The Morgan fingerprint density at radius 1 is 1.35 bits per heavy atom. The zero-order chi connectivity index (χ0) is 11.7. The number of rotatable bonds is 3. The van der Waals surface area contributed by atoms with E-state index in [1.165, 1.54) is 4.88 Å². The van der Waals surface area contributed by atoms with Crippen molar-refractivity contribution in [3.63, 3.8) is 0 Å². The molecule has 3 rings (SSSR count). The molecule has 0 spiro atoms. The average Bonchev–Trinajstić information content (AvgIpc) is 2.93. The first-order valence-corrected chi connectivity index (χ1v) is 7.64. The third kappa shape index (κ3) is 2.38. The second-order valence-electron chi connectivity index (χ2n) is 3.43. The molecule has 0 saturated carbocycles. The van der Waals surface area contributed by atoms with Crippen molar-refractivity contribution >= 4 is 44.7 Å². The van der Waals surface area contributed by atoms with E-state index in [4.69, 9.17) is 0 Å². The summed E-state index contributed by atoms with van der Waals surface area (Å²) in [5.41, 5.74) is 0.891. The molecule has 0 aromatic carbocycles. The largest absolute Gasteiger partial charge is 0.277 e. The first kappa shape index (κ1) is 11.3. The number of pyridine rings is 1. The molecule has 3 aromatic heterocycles. The van der Waals surface area contributed by atoms with E-state index in [1.807, 2.05) is 28.8 Å². The molecule has 0 fully saturated rings. The van der Waals surface area contributed by atoms with Crippen LogP contribution in [0.2, 0.25) is 0 Å². The molecule has 0 saturated heterocycles. The normalized spacial score (nSPS) is 11.1. The number of thiophene rings is 1. The molecule has 86 valence electrons. The molecule has 3 aromatic rings. The Bertz CT molecular complexity index is 647. The van der Waals surface area contributed by atoms with E-state index in [0.29, 0.717) is 0 Å². The molecule has 0 amide bonds. The van der Waals surface area contributed by atoms with Crippen LogP contribution in [0.25, 0.3) is 5.65 Å².